The minimum absolute atomic E-state index is 0.114. The molecule has 2 aliphatic rings. The number of amides is 2. The molecule has 1 aromatic rings. The zero-order valence-electron chi connectivity index (χ0n) is 12.6. The second kappa shape index (κ2) is 6.60. The molecule has 1 N–H and O–H groups in total. The number of cyclic esters (lactones) is 1. The molecule has 118 valence electrons. The summed E-state index contributed by atoms with van der Waals surface area (Å²) >= 11 is 1.98. The van der Waals surface area contributed by atoms with Crippen molar-refractivity contribution in [3.8, 4) is 0 Å². The van der Waals surface area contributed by atoms with Gasteiger partial charge in [0, 0.05) is 12.6 Å². The summed E-state index contributed by atoms with van der Waals surface area (Å²) in [5.74, 6) is 2.18. The number of anilines is 1. The third-order valence-corrected chi connectivity index (χ3v) is 4.97. The number of fused-ring (bicyclic) bond motifs is 1. The fourth-order valence-electron chi connectivity index (χ4n) is 2.82. The molecule has 22 heavy (non-hydrogen) atoms. The second-order valence-corrected chi connectivity index (χ2v) is 6.84. The van der Waals surface area contributed by atoms with E-state index in [-0.39, 0.29) is 18.1 Å². The average molecular weight is 320 g/mol. The molecule has 1 aromatic carbocycles. The zero-order chi connectivity index (χ0) is 15.5. The fourth-order valence-corrected chi connectivity index (χ4v) is 3.75. The van der Waals surface area contributed by atoms with Crippen molar-refractivity contribution in [3.05, 3.63) is 29.3 Å². The number of hydrogen-bond donors (Lipinski definition) is 1. The molecule has 0 radical (unpaired) electrons. The lowest BCUT2D eigenvalue weighted by Crippen LogP contribution is -2.33. The van der Waals surface area contributed by atoms with Crippen molar-refractivity contribution in [1.29, 1.82) is 0 Å². The van der Waals surface area contributed by atoms with Crippen molar-refractivity contribution in [3.63, 3.8) is 0 Å². The molecule has 2 amide bonds. The first kappa shape index (κ1) is 15.2. The van der Waals surface area contributed by atoms with E-state index in [1.165, 1.54) is 18.1 Å². The maximum absolute atomic E-state index is 12.1. The maximum atomic E-state index is 12.1. The SMILES string of the molecule is CC(=O)NC[C@H]1CN(c2ccc3c(c2)CCSCC3)C(=O)O1. The summed E-state index contributed by atoms with van der Waals surface area (Å²) in [7, 11) is 0. The van der Waals surface area contributed by atoms with Gasteiger partial charge in [0.05, 0.1) is 13.1 Å². The van der Waals surface area contributed by atoms with Crippen molar-refractivity contribution in [2.75, 3.05) is 29.5 Å². The molecular formula is C16H20N2O3S. The standard InChI is InChI=1S/C16H20N2O3S/c1-11(19)17-9-15-10-18(16(20)21-15)14-3-2-12-4-6-22-7-5-13(12)8-14/h2-3,8,15H,4-7,9-10H2,1H3,(H,17,19)/t15-/m0/s1. The van der Waals surface area contributed by atoms with Gasteiger partial charge in [0.15, 0.2) is 0 Å². The lowest BCUT2D eigenvalue weighted by molar-refractivity contribution is -0.119. The van der Waals surface area contributed by atoms with Crippen LogP contribution < -0.4 is 10.2 Å². The Labute approximate surface area is 134 Å². The number of hydrogen-bond acceptors (Lipinski definition) is 4. The minimum atomic E-state index is -0.335. The van der Waals surface area contributed by atoms with E-state index in [2.05, 4.69) is 17.4 Å². The Morgan fingerprint density at radius 1 is 1.36 bits per heavy atom. The van der Waals surface area contributed by atoms with Gasteiger partial charge in [-0.3, -0.25) is 9.69 Å². The van der Waals surface area contributed by atoms with Gasteiger partial charge in [-0.05, 0) is 47.6 Å². The molecular weight excluding hydrogens is 300 g/mol. The van der Waals surface area contributed by atoms with Gasteiger partial charge in [-0.15, -0.1) is 0 Å². The van der Waals surface area contributed by atoms with Crippen LogP contribution in [0, 0.1) is 0 Å². The lowest BCUT2D eigenvalue weighted by atomic mass is 10.0. The third kappa shape index (κ3) is 3.38. The second-order valence-electron chi connectivity index (χ2n) is 5.62. The number of aryl methyl sites for hydroxylation is 2. The molecule has 0 unspecified atom stereocenters. The van der Waals surface area contributed by atoms with Gasteiger partial charge >= 0.3 is 6.09 Å². The van der Waals surface area contributed by atoms with Crippen LogP contribution in [0.15, 0.2) is 18.2 Å². The summed E-state index contributed by atoms with van der Waals surface area (Å²) in [6.07, 6.45) is 1.52. The highest BCUT2D eigenvalue weighted by atomic mass is 32.2. The van der Waals surface area contributed by atoms with Crippen LogP contribution in [0.3, 0.4) is 0 Å². The number of carbonyl (C=O) groups is 2. The smallest absolute Gasteiger partial charge is 0.414 e. The summed E-state index contributed by atoms with van der Waals surface area (Å²) in [6.45, 7) is 2.30. The summed E-state index contributed by atoms with van der Waals surface area (Å²) in [4.78, 5) is 24.7. The number of nitrogens with one attached hydrogen (secondary N) is 1. The summed E-state index contributed by atoms with van der Waals surface area (Å²) in [5.41, 5.74) is 3.61. The van der Waals surface area contributed by atoms with Crippen LogP contribution in [0.5, 0.6) is 0 Å². The van der Waals surface area contributed by atoms with E-state index in [1.807, 2.05) is 17.8 Å². The van der Waals surface area contributed by atoms with Gasteiger partial charge in [-0.2, -0.15) is 11.8 Å². The van der Waals surface area contributed by atoms with E-state index >= 15 is 0 Å². The molecule has 0 aromatic heterocycles. The Morgan fingerprint density at radius 2 is 2.14 bits per heavy atom. The maximum Gasteiger partial charge on any atom is 0.414 e. The van der Waals surface area contributed by atoms with Crippen molar-refractivity contribution in [2.24, 2.45) is 0 Å². The molecule has 0 aliphatic carbocycles. The van der Waals surface area contributed by atoms with Crippen molar-refractivity contribution in [1.82, 2.24) is 5.32 Å². The molecule has 5 nitrogen and oxygen atoms in total. The third-order valence-electron chi connectivity index (χ3n) is 3.99. The highest BCUT2D eigenvalue weighted by molar-refractivity contribution is 7.99. The van der Waals surface area contributed by atoms with Crippen LogP contribution in [-0.2, 0) is 22.4 Å². The first-order valence-electron chi connectivity index (χ1n) is 7.55. The van der Waals surface area contributed by atoms with Gasteiger partial charge in [0.2, 0.25) is 5.91 Å². The summed E-state index contributed by atoms with van der Waals surface area (Å²) in [6, 6.07) is 6.24. The fraction of sp³-hybridized carbons (Fsp3) is 0.500. The Kier molecular flexibility index (Phi) is 4.57. The van der Waals surface area contributed by atoms with Crippen LogP contribution in [-0.4, -0.2) is 42.7 Å². The van der Waals surface area contributed by atoms with Crippen molar-refractivity contribution in [2.45, 2.75) is 25.9 Å². The Bertz CT molecular complexity index is 591. The number of nitrogens with zero attached hydrogens (tertiary/aromatic N) is 1. The molecule has 0 bridgehead atoms. The van der Waals surface area contributed by atoms with Gasteiger partial charge in [-0.25, -0.2) is 4.79 Å². The molecule has 2 aliphatic heterocycles. The highest BCUT2D eigenvalue weighted by Gasteiger charge is 2.32. The number of rotatable bonds is 3. The molecule has 2 heterocycles. The van der Waals surface area contributed by atoms with Gasteiger partial charge in [0.1, 0.15) is 6.10 Å². The van der Waals surface area contributed by atoms with Gasteiger partial charge in [0.25, 0.3) is 0 Å². The normalized spacial score (nSPS) is 21.0. The number of thioether (sulfide) groups is 1. The number of ether oxygens (including phenoxy) is 1. The van der Waals surface area contributed by atoms with Crippen LogP contribution in [0.1, 0.15) is 18.1 Å². The first-order chi connectivity index (χ1) is 10.6. The van der Waals surface area contributed by atoms with Crippen LogP contribution in [0.4, 0.5) is 10.5 Å². The predicted molar refractivity (Wildman–Crippen MR) is 87.5 cm³/mol. The lowest BCUT2D eigenvalue weighted by Gasteiger charge is -2.16. The van der Waals surface area contributed by atoms with Gasteiger partial charge < -0.3 is 10.1 Å². The quantitative estimate of drug-likeness (QED) is 0.925. The van der Waals surface area contributed by atoms with Crippen molar-refractivity contribution < 1.29 is 14.3 Å². The van der Waals surface area contributed by atoms with Crippen LogP contribution in [0.2, 0.25) is 0 Å². The summed E-state index contributed by atoms with van der Waals surface area (Å²) in [5, 5.41) is 2.69. The summed E-state index contributed by atoms with van der Waals surface area (Å²) < 4.78 is 5.32. The number of carbonyl (C=O) groups excluding carboxylic acids is 2. The monoisotopic (exact) mass is 320 g/mol. The van der Waals surface area contributed by atoms with E-state index in [4.69, 9.17) is 4.74 Å². The molecule has 0 saturated carbocycles. The average Bonchev–Trinajstić information content (AvgIpc) is 2.71. The molecule has 6 heteroatoms. The minimum Gasteiger partial charge on any atom is -0.442 e. The van der Waals surface area contributed by atoms with Crippen LogP contribution in [0.25, 0.3) is 0 Å². The number of benzene rings is 1. The Morgan fingerprint density at radius 3 is 2.91 bits per heavy atom. The molecule has 1 atom stereocenters. The topological polar surface area (TPSA) is 58.6 Å². The first-order valence-corrected chi connectivity index (χ1v) is 8.71. The molecule has 1 saturated heterocycles. The Hall–Kier alpha value is -1.69. The Balaban J connectivity index is 1.72. The largest absolute Gasteiger partial charge is 0.442 e. The molecule has 1 fully saturated rings. The van der Waals surface area contributed by atoms with E-state index < -0.39 is 0 Å². The zero-order valence-corrected chi connectivity index (χ0v) is 13.4. The van der Waals surface area contributed by atoms with E-state index in [9.17, 15) is 9.59 Å². The van der Waals surface area contributed by atoms with Crippen molar-refractivity contribution >= 4 is 29.4 Å². The molecule has 0 spiro atoms. The highest BCUT2D eigenvalue weighted by Crippen LogP contribution is 2.27. The molecule has 3 rings (SSSR count). The predicted octanol–water partition coefficient (Wildman–Crippen LogP) is 1.98. The van der Waals surface area contributed by atoms with Gasteiger partial charge in [-0.1, -0.05) is 6.07 Å². The van der Waals surface area contributed by atoms with E-state index in [0.717, 1.165) is 30.0 Å². The van der Waals surface area contributed by atoms with Crippen LogP contribution >= 0.6 is 11.8 Å². The van der Waals surface area contributed by atoms with E-state index in [0.29, 0.717) is 13.1 Å². The van der Waals surface area contributed by atoms with E-state index in [1.54, 1.807) is 4.90 Å².